The summed E-state index contributed by atoms with van der Waals surface area (Å²) in [4.78, 5) is 23.0. The van der Waals surface area contributed by atoms with Crippen molar-refractivity contribution in [1.29, 1.82) is 0 Å². The van der Waals surface area contributed by atoms with Gasteiger partial charge in [0.25, 0.3) is 0 Å². The number of carboxylic acids is 1. The van der Waals surface area contributed by atoms with Crippen molar-refractivity contribution in [1.82, 2.24) is 5.32 Å². The van der Waals surface area contributed by atoms with Crippen LogP contribution in [-0.4, -0.2) is 28.6 Å². The molecule has 2 aliphatic carbocycles. The first-order valence-corrected chi connectivity index (χ1v) is 8.37. The van der Waals surface area contributed by atoms with E-state index >= 15 is 0 Å². The highest BCUT2D eigenvalue weighted by molar-refractivity contribution is 5.89. The smallest absolute Gasteiger partial charge is 0.329 e. The summed E-state index contributed by atoms with van der Waals surface area (Å²) in [5, 5.41) is 11.7. The molecule has 1 aromatic carbocycles. The lowest BCUT2D eigenvalue weighted by molar-refractivity contribution is -0.143. The van der Waals surface area contributed by atoms with Gasteiger partial charge in [0.05, 0.1) is 6.10 Å². The van der Waals surface area contributed by atoms with Crippen LogP contribution >= 0.6 is 0 Å². The van der Waals surface area contributed by atoms with Gasteiger partial charge in [0.2, 0.25) is 5.91 Å². The van der Waals surface area contributed by atoms with Crippen LogP contribution < -0.4 is 10.1 Å². The molecule has 2 aliphatic rings. The monoisotopic (exact) mass is 317 g/mol. The zero-order chi connectivity index (χ0) is 16.3. The molecular weight excluding hydrogens is 294 g/mol. The summed E-state index contributed by atoms with van der Waals surface area (Å²) >= 11 is 0. The first-order valence-electron chi connectivity index (χ1n) is 8.37. The van der Waals surface area contributed by atoms with Crippen molar-refractivity contribution in [2.24, 2.45) is 0 Å². The molecule has 0 saturated heterocycles. The molecule has 5 nitrogen and oxygen atoms in total. The van der Waals surface area contributed by atoms with Crippen LogP contribution in [0.2, 0.25) is 0 Å². The number of carbonyl (C=O) groups is 2. The second-order valence-corrected chi connectivity index (χ2v) is 6.61. The molecule has 5 heteroatoms. The Kier molecular flexibility index (Phi) is 4.55. The number of benzene rings is 1. The maximum absolute atomic E-state index is 11.9. The lowest BCUT2D eigenvalue weighted by atomic mass is 10.1. The van der Waals surface area contributed by atoms with E-state index in [4.69, 9.17) is 9.84 Å². The average Bonchev–Trinajstić information content (AvgIpc) is 3.13. The van der Waals surface area contributed by atoms with Crippen LogP contribution in [0.5, 0.6) is 5.75 Å². The number of hydrogen-bond acceptors (Lipinski definition) is 3. The minimum absolute atomic E-state index is 0.202. The number of carbonyl (C=O) groups excluding carboxylic acids is 1. The van der Waals surface area contributed by atoms with Gasteiger partial charge in [-0.3, -0.25) is 4.79 Å². The van der Waals surface area contributed by atoms with Crippen LogP contribution in [0.3, 0.4) is 0 Å². The molecule has 0 aromatic heterocycles. The van der Waals surface area contributed by atoms with E-state index in [1.54, 1.807) is 0 Å². The number of rotatable bonds is 7. The van der Waals surface area contributed by atoms with Gasteiger partial charge in [0, 0.05) is 6.42 Å². The molecule has 1 aromatic rings. The van der Waals surface area contributed by atoms with Crippen molar-refractivity contribution in [2.45, 2.75) is 63.0 Å². The molecule has 1 amide bonds. The minimum Gasteiger partial charge on any atom is -0.490 e. The van der Waals surface area contributed by atoms with Crippen molar-refractivity contribution in [3.8, 4) is 5.75 Å². The van der Waals surface area contributed by atoms with Gasteiger partial charge in [-0.15, -0.1) is 0 Å². The fourth-order valence-corrected chi connectivity index (χ4v) is 3.08. The summed E-state index contributed by atoms with van der Waals surface area (Å²) in [6, 6.07) is 7.84. The zero-order valence-corrected chi connectivity index (χ0v) is 13.2. The third kappa shape index (κ3) is 4.03. The van der Waals surface area contributed by atoms with Crippen molar-refractivity contribution in [3.63, 3.8) is 0 Å². The fourth-order valence-electron chi connectivity index (χ4n) is 3.08. The highest BCUT2D eigenvalue weighted by Crippen LogP contribution is 2.35. The third-order valence-electron chi connectivity index (χ3n) is 4.68. The van der Waals surface area contributed by atoms with Crippen LogP contribution in [-0.2, 0) is 16.0 Å². The van der Waals surface area contributed by atoms with Gasteiger partial charge in [-0.1, -0.05) is 12.1 Å². The Labute approximate surface area is 136 Å². The maximum Gasteiger partial charge on any atom is 0.329 e. The van der Waals surface area contributed by atoms with E-state index < -0.39 is 11.5 Å². The Morgan fingerprint density at radius 3 is 2.65 bits per heavy atom. The molecule has 0 atom stereocenters. The second kappa shape index (κ2) is 6.60. The van der Waals surface area contributed by atoms with Gasteiger partial charge in [-0.05, 0) is 62.6 Å². The Balaban J connectivity index is 1.49. The molecule has 0 bridgehead atoms. The molecule has 124 valence electrons. The molecule has 2 N–H and O–H groups in total. The summed E-state index contributed by atoms with van der Waals surface area (Å²) in [6.45, 7) is 0. The second-order valence-electron chi connectivity index (χ2n) is 6.61. The van der Waals surface area contributed by atoms with Crippen molar-refractivity contribution >= 4 is 11.9 Å². The molecule has 3 rings (SSSR count). The fraction of sp³-hybridized carbons (Fsp3) is 0.556. The number of ether oxygens (including phenoxy) is 1. The van der Waals surface area contributed by atoms with E-state index in [1.165, 1.54) is 12.8 Å². The van der Waals surface area contributed by atoms with Gasteiger partial charge in [-0.25, -0.2) is 4.79 Å². The lowest BCUT2D eigenvalue weighted by Gasteiger charge is -2.14. The van der Waals surface area contributed by atoms with E-state index in [9.17, 15) is 9.59 Å². The first-order chi connectivity index (χ1) is 11.1. The van der Waals surface area contributed by atoms with Gasteiger partial charge in [0.1, 0.15) is 11.3 Å². The quantitative estimate of drug-likeness (QED) is 0.810. The number of aryl methyl sites for hydroxylation is 1. The van der Waals surface area contributed by atoms with E-state index in [-0.39, 0.29) is 5.91 Å². The van der Waals surface area contributed by atoms with Crippen LogP contribution in [0, 0.1) is 0 Å². The summed E-state index contributed by atoms with van der Waals surface area (Å²) in [5.74, 6) is -0.274. The normalized spacial score (nSPS) is 19.3. The summed E-state index contributed by atoms with van der Waals surface area (Å²) in [7, 11) is 0. The van der Waals surface area contributed by atoms with Crippen molar-refractivity contribution in [2.75, 3.05) is 0 Å². The highest BCUT2D eigenvalue weighted by atomic mass is 16.5. The minimum atomic E-state index is -0.996. The van der Waals surface area contributed by atoms with Gasteiger partial charge in [-0.2, -0.15) is 0 Å². The molecular formula is C18H23NO4. The molecule has 0 radical (unpaired) electrons. The Hall–Kier alpha value is -2.04. The number of nitrogens with one attached hydrogen (secondary N) is 1. The summed E-state index contributed by atoms with van der Waals surface area (Å²) in [5.41, 5.74) is 0.0423. The number of hydrogen-bond donors (Lipinski definition) is 2. The van der Waals surface area contributed by atoms with E-state index in [2.05, 4.69) is 5.32 Å². The molecule has 2 fully saturated rings. The SMILES string of the molecule is O=C(CCc1cccc(OC2CCCC2)c1)NC1(C(=O)O)CC1. The molecule has 2 saturated carbocycles. The number of aliphatic carboxylic acids is 1. The van der Waals surface area contributed by atoms with Crippen LogP contribution in [0.15, 0.2) is 24.3 Å². The molecule has 0 heterocycles. The Morgan fingerprint density at radius 1 is 1.26 bits per heavy atom. The maximum atomic E-state index is 11.9. The third-order valence-corrected chi connectivity index (χ3v) is 4.68. The zero-order valence-electron chi connectivity index (χ0n) is 13.2. The van der Waals surface area contributed by atoms with E-state index in [1.807, 2.05) is 24.3 Å². The summed E-state index contributed by atoms with van der Waals surface area (Å²) in [6.07, 6.45) is 6.95. The van der Waals surface area contributed by atoms with Gasteiger partial charge >= 0.3 is 5.97 Å². The van der Waals surface area contributed by atoms with Crippen molar-refractivity contribution < 1.29 is 19.4 Å². The first kappa shape index (κ1) is 15.8. The van der Waals surface area contributed by atoms with Gasteiger partial charge in [0.15, 0.2) is 0 Å². The lowest BCUT2D eigenvalue weighted by Crippen LogP contribution is -2.43. The molecule has 0 spiro atoms. The highest BCUT2D eigenvalue weighted by Gasteiger charge is 2.51. The standard InChI is InChI=1S/C18H23NO4/c20-16(19-18(10-11-18)17(21)22)9-8-13-4-3-7-15(12-13)23-14-5-1-2-6-14/h3-4,7,12,14H,1-2,5-6,8-11H2,(H,19,20)(H,21,22). The number of carboxylic acid groups (broad SMARTS) is 1. The topological polar surface area (TPSA) is 75.6 Å². The largest absolute Gasteiger partial charge is 0.490 e. The predicted molar refractivity (Wildman–Crippen MR) is 85.4 cm³/mol. The molecule has 0 unspecified atom stereocenters. The average molecular weight is 317 g/mol. The van der Waals surface area contributed by atoms with E-state index in [0.717, 1.165) is 24.2 Å². The Morgan fingerprint density at radius 2 is 2.00 bits per heavy atom. The number of amides is 1. The van der Waals surface area contributed by atoms with Crippen molar-refractivity contribution in [3.05, 3.63) is 29.8 Å². The summed E-state index contributed by atoms with van der Waals surface area (Å²) < 4.78 is 5.97. The molecule has 23 heavy (non-hydrogen) atoms. The molecule has 0 aliphatic heterocycles. The Bertz CT molecular complexity index is 588. The van der Waals surface area contributed by atoms with Gasteiger partial charge < -0.3 is 15.2 Å². The van der Waals surface area contributed by atoms with Crippen LogP contribution in [0.1, 0.15) is 50.5 Å². The van der Waals surface area contributed by atoms with Crippen LogP contribution in [0.4, 0.5) is 0 Å². The predicted octanol–water partition coefficient (Wildman–Crippen LogP) is 2.67. The van der Waals surface area contributed by atoms with E-state index in [0.29, 0.717) is 31.8 Å². The van der Waals surface area contributed by atoms with Crippen LogP contribution in [0.25, 0.3) is 0 Å².